The molecule has 0 amide bonds. The maximum absolute atomic E-state index is 12.8. The minimum Gasteiger partial charge on any atom is -0.489 e. The summed E-state index contributed by atoms with van der Waals surface area (Å²) in [7, 11) is -3.92. The third kappa shape index (κ3) is 3.33. The molecule has 0 N–H and O–H groups in total. The summed E-state index contributed by atoms with van der Waals surface area (Å²) in [5.41, 5.74) is -0.311. The zero-order valence-corrected chi connectivity index (χ0v) is 12.7. The van der Waals surface area contributed by atoms with Crippen molar-refractivity contribution in [3.8, 4) is 5.75 Å². The van der Waals surface area contributed by atoms with Gasteiger partial charge in [0.1, 0.15) is 23.4 Å². The summed E-state index contributed by atoms with van der Waals surface area (Å²) < 4.78 is 36.0. The lowest BCUT2D eigenvalue weighted by molar-refractivity contribution is -0.385. The van der Waals surface area contributed by atoms with Gasteiger partial charge in [0.05, 0.1) is 16.4 Å². The quantitative estimate of drug-likeness (QED) is 0.456. The molecule has 120 valence electrons. The highest BCUT2D eigenvalue weighted by molar-refractivity contribution is 7.91. The van der Waals surface area contributed by atoms with E-state index in [9.17, 15) is 18.5 Å². The average Bonchev–Trinajstić information content (AvgIpc) is 3.38. The Labute approximate surface area is 132 Å². The van der Waals surface area contributed by atoms with Crippen LogP contribution in [0.25, 0.3) is 0 Å². The van der Waals surface area contributed by atoms with Crippen LogP contribution >= 0.6 is 0 Å². The van der Waals surface area contributed by atoms with Crippen LogP contribution in [-0.4, -0.2) is 32.7 Å². The Hall–Kier alpha value is -2.45. The molecule has 2 aromatic carbocycles. The van der Waals surface area contributed by atoms with Crippen LogP contribution in [0.3, 0.4) is 0 Å². The number of hydrogen-bond donors (Lipinski definition) is 0. The Bertz CT molecular complexity index is 830. The van der Waals surface area contributed by atoms with Gasteiger partial charge in [0.2, 0.25) is 9.84 Å². The van der Waals surface area contributed by atoms with Crippen molar-refractivity contribution in [3.63, 3.8) is 0 Å². The second-order valence-corrected chi connectivity index (χ2v) is 6.89. The van der Waals surface area contributed by atoms with Gasteiger partial charge in [-0.05, 0) is 18.2 Å². The van der Waals surface area contributed by atoms with Gasteiger partial charge in [-0.2, -0.15) is 0 Å². The zero-order valence-electron chi connectivity index (χ0n) is 11.9. The number of ether oxygens (including phenoxy) is 2. The Morgan fingerprint density at radius 2 is 1.91 bits per heavy atom. The lowest BCUT2D eigenvalue weighted by atomic mass is 10.3. The molecule has 0 aromatic heterocycles. The molecule has 1 atom stereocenters. The predicted molar refractivity (Wildman–Crippen MR) is 80.2 cm³/mol. The predicted octanol–water partition coefficient (Wildman–Crippen LogP) is 2.21. The monoisotopic (exact) mass is 335 g/mol. The number of hydrogen-bond acceptors (Lipinski definition) is 6. The highest BCUT2D eigenvalue weighted by Gasteiger charge is 2.28. The summed E-state index contributed by atoms with van der Waals surface area (Å²) in [5.74, 6) is 0.0787. The van der Waals surface area contributed by atoms with Gasteiger partial charge in [0.25, 0.3) is 5.69 Å². The number of sulfone groups is 1. The second-order valence-electron chi connectivity index (χ2n) is 4.97. The third-order valence-electron chi connectivity index (χ3n) is 3.31. The molecule has 0 saturated carbocycles. The average molecular weight is 335 g/mol. The highest BCUT2D eigenvalue weighted by Crippen LogP contribution is 2.33. The summed E-state index contributed by atoms with van der Waals surface area (Å²) in [6.07, 6.45) is -0.0579. The van der Waals surface area contributed by atoms with Crippen LogP contribution in [0.15, 0.2) is 58.3 Å². The minimum absolute atomic E-state index is 0.0491. The molecule has 1 unspecified atom stereocenters. The minimum atomic E-state index is -3.92. The van der Waals surface area contributed by atoms with Crippen LogP contribution < -0.4 is 4.74 Å². The fourth-order valence-electron chi connectivity index (χ4n) is 2.01. The van der Waals surface area contributed by atoms with Gasteiger partial charge >= 0.3 is 0 Å². The summed E-state index contributed by atoms with van der Waals surface area (Å²) in [6, 6.07) is 11.3. The van der Waals surface area contributed by atoms with Crippen molar-refractivity contribution >= 4 is 15.5 Å². The first kappa shape index (κ1) is 15.4. The molecule has 0 radical (unpaired) electrons. The molecule has 1 fully saturated rings. The molecule has 8 heteroatoms. The largest absolute Gasteiger partial charge is 0.489 e. The van der Waals surface area contributed by atoms with E-state index in [0.717, 1.165) is 6.07 Å². The van der Waals surface area contributed by atoms with Gasteiger partial charge in [-0.15, -0.1) is 0 Å². The van der Waals surface area contributed by atoms with E-state index in [2.05, 4.69) is 0 Å². The van der Waals surface area contributed by atoms with Gasteiger partial charge in [0, 0.05) is 12.1 Å². The van der Waals surface area contributed by atoms with E-state index >= 15 is 0 Å². The smallest absolute Gasteiger partial charge is 0.271 e. The highest BCUT2D eigenvalue weighted by atomic mass is 32.2. The molecule has 2 aromatic rings. The SMILES string of the molecule is O=[N+]([O-])c1ccc(OCC2CO2)c(S(=O)(=O)c2ccccc2)c1. The lowest BCUT2D eigenvalue weighted by Crippen LogP contribution is -2.10. The normalized spacial score (nSPS) is 16.8. The van der Waals surface area contributed by atoms with Crippen LogP contribution in [0, 0.1) is 10.1 Å². The topological polar surface area (TPSA) is 99.0 Å². The Morgan fingerprint density at radius 3 is 2.52 bits per heavy atom. The van der Waals surface area contributed by atoms with Crippen molar-refractivity contribution in [2.45, 2.75) is 15.9 Å². The van der Waals surface area contributed by atoms with E-state index < -0.39 is 14.8 Å². The van der Waals surface area contributed by atoms with Crippen molar-refractivity contribution in [2.75, 3.05) is 13.2 Å². The second kappa shape index (κ2) is 5.98. The van der Waals surface area contributed by atoms with Crippen molar-refractivity contribution in [1.29, 1.82) is 0 Å². The Morgan fingerprint density at radius 1 is 1.22 bits per heavy atom. The summed E-state index contributed by atoms with van der Waals surface area (Å²) in [6.45, 7) is 0.767. The lowest BCUT2D eigenvalue weighted by Gasteiger charge is -2.11. The number of nitro benzene ring substituents is 1. The fraction of sp³-hybridized carbons (Fsp3) is 0.200. The van der Waals surface area contributed by atoms with Crippen molar-refractivity contribution in [1.82, 2.24) is 0 Å². The van der Waals surface area contributed by atoms with E-state index in [1.807, 2.05) is 0 Å². The molecule has 3 rings (SSSR count). The van der Waals surface area contributed by atoms with E-state index in [4.69, 9.17) is 9.47 Å². The van der Waals surface area contributed by atoms with Crippen LogP contribution in [0.2, 0.25) is 0 Å². The number of epoxide rings is 1. The molecule has 1 saturated heterocycles. The number of nitro groups is 1. The fourth-order valence-corrected chi connectivity index (χ4v) is 3.45. The number of benzene rings is 2. The molecule has 7 nitrogen and oxygen atoms in total. The van der Waals surface area contributed by atoms with Crippen molar-refractivity contribution in [2.24, 2.45) is 0 Å². The standard InChI is InChI=1S/C15H13NO6S/c17-16(18)11-6-7-14(22-10-12-9-21-12)15(8-11)23(19,20)13-4-2-1-3-5-13/h1-8,12H,9-10H2. The molecule has 1 heterocycles. The summed E-state index contributed by atoms with van der Waals surface area (Å²) >= 11 is 0. The van der Waals surface area contributed by atoms with Crippen molar-refractivity contribution in [3.05, 3.63) is 58.6 Å². The molecular formula is C15H13NO6S. The van der Waals surface area contributed by atoms with Crippen LogP contribution in [0.5, 0.6) is 5.75 Å². The molecule has 1 aliphatic rings. The molecule has 0 spiro atoms. The van der Waals surface area contributed by atoms with Crippen LogP contribution in [0.4, 0.5) is 5.69 Å². The number of rotatable bonds is 6. The molecule has 23 heavy (non-hydrogen) atoms. The zero-order chi connectivity index (χ0) is 16.4. The molecular weight excluding hydrogens is 322 g/mol. The van der Waals surface area contributed by atoms with Crippen molar-refractivity contribution < 1.29 is 22.8 Å². The molecule has 0 aliphatic carbocycles. The summed E-state index contributed by atoms with van der Waals surface area (Å²) in [4.78, 5) is 10.1. The van der Waals surface area contributed by atoms with Gasteiger partial charge < -0.3 is 9.47 Å². The maximum atomic E-state index is 12.8. The molecule has 0 bridgehead atoms. The third-order valence-corrected chi connectivity index (χ3v) is 5.10. The van der Waals surface area contributed by atoms with E-state index in [1.54, 1.807) is 18.2 Å². The van der Waals surface area contributed by atoms with Gasteiger partial charge in [-0.25, -0.2) is 8.42 Å². The van der Waals surface area contributed by atoms with E-state index in [1.165, 1.54) is 24.3 Å². The van der Waals surface area contributed by atoms with Gasteiger partial charge in [-0.3, -0.25) is 10.1 Å². The first-order valence-electron chi connectivity index (χ1n) is 6.81. The Balaban J connectivity index is 2.06. The van der Waals surface area contributed by atoms with E-state index in [-0.39, 0.29) is 33.9 Å². The van der Waals surface area contributed by atoms with Crippen LogP contribution in [-0.2, 0) is 14.6 Å². The van der Waals surface area contributed by atoms with Gasteiger partial charge in [0.15, 0.2) is 0 Å². The maximum Gasteiger partial charge on any atom is 0.271 e. The molecule has 1 aliphatic heterocycles. The Kier molecular flexibility index (Phi) is 4.01. The first-order valence-corrected chi connectivity index (χ1v) is 8.30. The number of non-ortho nitro benzene ring substituents is 1. The number of nitrogens with zero attached hydrogens (tertiary/aromatic N) is 1. The van der Waals surface area contributed by atoms with E-state index in [0.29, 0.717) is 6.61 Å². The first-order chi connectivity index (χ1) is 11.0. The summed E-state index contributed by atoms with van der Waals surface area (Å²) in [5, 5.41) is 11.0. The van der Waals surface area contributed by atoms with Gasteiger partial charge in [-0.1, -0.05) is 18.2 Å². The van der Waals surface area contributed by atoms with Crippen LogP contribution in [0.1, 0.15) is 0 Å².